The molecule has 0 heterocycles. The first-order chi connectivity index (χ1) is 9.47. The molecule has 0 radical (unpaired) electrons. The number of benzene rings is 2. The zero-order chi connectivity index (χ0) is 14.7. The third-order valence-electron chi connectivity index (χ3n) is 3.13. The van der Waals surface area contributed by atoms with E-state index in [1.54, 1.807) is 37.3 Å². The van der Waals surface area contributed by atoms with Gasteiger partial charge >= 0.3 is 0 Å². The summed E-state index contributed by atoms with van der Waals surface area (Å²) in [5.74, 6) is 0.205. The van der Waals surface area contributed by atoms with Gasteiger partial charge in [-0.05, 0) is 43.2 Å². The fourth-order valence-electron chi connectivity index (χ4n) is 2.09. The highest BCUT2D eigenvalue weighted by atomic mass is 16.6. The quantitative estimate of drug-likeness (QED) is 0.659. The smallest absolute Gasteiger partial charge is 0.274 e. The number of hydrogen-bond donors (Lipinski definition) is 2. The Morgan fingerprint density at radius 3 is 2.60 bits per heavy atom. The molecule has 5 heteroatoms. The van der Waals surface area contributed by atoms with E-state index in [9.17, 15) is 15.2 Å². The maximum atomic E-state index is 10.9. The van der Waals surface area contributed by atoms with Gasteiger partial charge in [-0.25, -0.2) is 0 Å². The van der Waals surface area contributed by atoms with Gasteiger partial charge in [-0.2, -0.15) is 0 Å². The molecule has 0 aliphatic heterocycles. The lowest BCUT2D eigenvalue weighted by Crippen LogP contribution is -2.03. The number of nitro groups is 1. The zero-order valence-corrected chi connectivity index (χ0v) is 11.4. The van der Waals surface area contributed by atoms with Crippen molar-refractivity contribution in [1.29, 1.82) is 0 Å². The number of phenols is 1. The molecule has 20 heavy (non-hydrogen) atoms. The molecular formula is C15H16N2O3. The molecule has 0 saturated heterocycles. The molecule has 0 aliphatic rings. The first kappa shape index (κ1) is 13.9. The predicted octanol–water partition coefficient (Wildman–Crippen LogP) is 3.53. The maximum absolute atomic E-state index is 10.9. The van der Waals surface area contributed by atoms with Crippen LogP contribution >= 0.6 is 0 Å². The van der Waals surface area contributed by atoms with Crippen LogP contribution in [-0.4, -0.2) is 10.0 Å². The highest BCUT2D eigenvalue weighted by molar-refractivity contribution is 5.60. The molecule has 0 spiro atoms. The summed E-state index contributed by atoms with van der Waals surface area (Å²) in [5.41, 5.74) is 3.34. The van der Waals surface area contributed by atoms with Crippen LogP contribution < -0.4 is 5.32 Å². The Balaban J connectivity index is 2.21. The van der Waals surface area contributed by atoms with Crippen molar-refractivity contribution in [2.75, 3.05) is 5.32 Å². The first-order valence-electron chi connectivity index (χ1n) is 6.25. The number of nitro benzene ring substituents is 1. The lowest BCUT2D eigenvalue weighted by Gasteiger charge is -2.11. The number of nitrogens with one attached hydrogen (secondary N) is 1. The summed E-state index contributed by atoms with van der Waals surface area (Å²) in [6.07, 6.45) is 0. The minimum absolute atomic E-state index is 0.106. The molecule has 5 nitrogen and oxygen atoms in total. The second-order valence-corrected chi connectivity index (χ2v) is 4.73. The van der Waals surface area contributed by atoms with Crippen LogP contribution in [-0.2, 0) is 6.54 Å². The van der Waals surface area contributed by atoms with Crippen LogP contribution in [0.5, 0.6) is 5.75 Å². The molecule has 2 aromatic rings. The first-order valence-corrected chi connectivity index (χ1v) is 6.25. The lowest BCUT2D eigenvalue weighted by molar-refractivity contribution is -0.385. The van der Waals surface area contributed by atoms with Gasteiger partial charge in [-0.3, -0.25) is 10.1 Å². The number of nitrogens with zero attached hydrogens (tertiary/aromatic N) is 1. The fraction of sp³-hybridized carbons (Fsp3) is 0.200. The average Bonchev–Trinajstić information content (AvgIpc) is 2.37. The molecule has 0 saturated carbocycles. The summed E-state index contributed by atoms with van der Waals surface area (Å²) in [7, 11) is 0. The van der Waals surface area contributed by atoms with E-state index in [2.05, 4.69) is 5.32 Å². The van der Waals surface area contributed by atoms with E-state index in [1.165, 1.54) is 0 Å². The Morgan fingerprint density at radius 2 is 1.95 bits per heavy atom. The Kier molecular flexibility index (Phi) is 3.89. The van der Waals surface area contributed by atoms with Crippen LogP contribution in [0.4, 0.5) is 11.4 Å². The van der Waals surface area contributed by atoms with E-state index in [-0.39, 0.29) is 16.4 Å². The van der Waals surface area contributed by atoms with Crippen molar-refractivity contribution in [3.8, 4) is 5.75 Å². The van der Waals surface area contributed by atoms with Gasteiger partial charge in [-0.15, -0.1) is 0 Å². The molecule has 0 bridgehead atoms. The van der Waals surface area contributed by atoms with Gasteiger partial charge in [0.1, 0.15) is 5.75 Å². The van der Waals surface area contributed by atoms with Crippen LogP contribution in [0.1, 0.15) is 16.7 Å². The Bertz CT molecular complexity index is 654. The molecule has 2 N–H and O–H groups in total. The predicted molar refractivity (Wildman–Crippen MR) is 78.0 cm³/mol. The summed E-state index contributed by atoms with van der Waals surface area (Å²) in [6.45, 7) is 4.13. The maximum Gasteiger partial charge on any atom is 0.274 e. The number of rotatable bonds is 4. The summed E-state index contributed by atoms with van der Waals surface area (Å²) < 4.78 is 0. The van der Waals surface area contributed by atoms with Gasteiger partial charge in [0.25, 0.3) is 5.69 Å². The second-order valence-electron chi connectivity index (χ2n) is 4.73. The number of aryl methyl sites for hydroxylation is 2. The van der Waals surface area contributed by atoms with Gasteiger partial charge in [0.2, 0.25) is 0 Å². The number of anilines is 1. The van der Waals surface area contributed by atoms with Crippen LogP contribution in [0.3, 0.4) is 0 Å². The zero-order valence-electron chi connectivity index (χ0n) is 11.4. The van der Waals surface area contributed by atoms with E-state index in [4.69, 9.17) is 0 Å². The largest absolute Gasteiger partial charge is 0.508 e. The van der Waals surface area contributed by atoms with Gasteiger partial charge in [0, 0.05) is 23.9 Å². The second kappa shape index (κ2) is 5.61. The molecular weight excluding hydrogens is 256 g/mol. The molecule has 0 unspecified atom stereocenters. The van der Waals surface area contributed by atoms with Crippen molar-refractivity contribution < 1.29 is 10.0 Å². The monoisotopic (exact) mass is 272 g/mol. The third-order valence-corrected chi connectivity index (χ3v) is 3.13. The summed E-state index contributed by atoms with van der Waals surface area (Å²) in [4.78, 5) is 10.6. The molecule has 0 amide bonds. The van der Waals surface area contributed by atoms with Crippen molar-refractivity contribution in [1.82, 2.24) is 0 Å². The van der Waals surface area contributed by atoms with E-state index in [0.29, 0.717) is 12.1 Å². The number of aromatic hydroxyl groups is 1. The van der Waals surface area contributed by atoms with Crippen LogP contribution in [0.2, 0.25) is 0 Å². The Labute approximate surface area is 117 Å². The van der Waals surface area contributed by atoms with Crippen molar-refractivity contribution in [2.45, 2.75) is 20.4 Å². The van der Waals surface area contributed by atoms with Crippen LogP contribution in [0, 0.1) is 24.0 Å². The van der Waals surface area contributed by atoms with Crippen LogP contribution in [0.25, 0.3) is 0 Å². The van der Waals surface area contributed by atoms with E-state index < -0.39 is 0 Å². The average molecular weight is 272 g/mol. The normalized spacial score (nSPS) is 10.3. The SMILES string of the molecule is Cc1cc(C)c([N+](=O)[O-])cc1NCc1cccc(O)c1. The van der Waals surface area contributed by atoms with Gasteiger partial charge < -0.3 is 10.4 Å². The molecule has 0 aliphatic carbocycles. The molecule has 0 fully saturated rings. The summed E-state index contributed by atoms with van der Waals surface area (Å²) >= 11 is 0. The standard InChI is InChI=1S/C15H16N2O3/c1-10-6-11(2)15(17(19)20)8-14(10)16-9-12-4-3-5-13(18)7-12/h3-8,16,18H,9H2,1-2H3. The minimum Gasteiger partial charge on any atom is -0.508 e. The van der Waals surface area contributed by atoms with Crippen molar-refractivity contribution in [3.63, 3.8) is 0 Å². The highest BCUT2D eigenvalue weighted by Crippen LogP contribution is 2.26. The molecule has 0 aromatic heterocycles. The van der Waals surface area contributed by atoms with Crippen LogP contribution in [0.15, 0.2) is 36.4 Å². The molecule has 104 valence electrons. The molecule has 0 atom stereocenters. The third kappa shape index (κ3) is 3.06. The van der Waals surface area contributed by atoms with Gasteiger partial charge in [0.05, 0.1) is 4.92 Å². The Morgan fingerprint density at radius 1 is 1.20 bits per heavy atom. The Hall–Kier alpha value is -2.56. The summed E-state index contributed by atoms with van der Waals surface area (Å²) in [6, 6.07) is 10.2. The topological polar surface area (TPSA) is 75.4 Å². The fourth-order valence-corrected chi connectivity index (χ4v) is 2.09. The number of phenolic OH excluding ortho intramolecular Hbond substituents is 1. The minimum atomic E-state index is -0.381. The van der Waals surface area contributed by atoms with Gasteiger partial charge in [-0.1, -0.05) is 12.1 Å². The van der Waals surface area contributed by atoms with Gasteiger partial charge in [0.15, 0.2) is 0 Å². The lowest BCUT2D eigenvalue weighted by atomic mass is 10.1. The van der Waals surface area contributed by atoms with Crippen molar-refractivity contribution in [3.05, 3.63) is 63.2 Å². The van der Waals surface area contributed by atoms with Crippen molar-refractivity contribution in [2.24, 2.45) is 0 Å². The van der Waals surface area contributed by atoms with E-state index in [1.807, 2.05) is 13.0 Å². The molecule has 2 aromatic carbocycles. The summed E-state index contributed by atoms with van der Waals surface area (Å²) in [5, 5.41) is 23.5. The highest BCUT2D eigenvalue weighted by Gasteiger charge is 2.13. The molecule has 2 rings (SSSR count). The number of hydrogen-bond acceptors (Lipinski definition) is 4. The van der Waals surface area contributed by atoms with E-state index in [0.717, 1.165) is 16.8 Å². The van der Waals surface area contributed by atoms with Crippen molar-refractivity contribution >= 4 is 11.4 Å². The van der Waals surface area contributed by atoms with E-state index >= 15 is 0 Å².